The molecule has 3 nitrogen and oxygen atoms in total. The standard InChI is InChI=1S/C22H25N3/c1-2-8-18(9-3-1)19-13-14-23-21(16-19)11-6-7-15-25-22-12-5-4-10-20(22)17-24-25/h1-5,8-10,12-13,17,21,23H,6-7,11,14-16H2. The number of hydrogen-bond donors (Lipinski definition) is 1. The number of aromatic nitrogens is 2. The summed E-state index contributed by atoms with van der Waals surface area (Å²) in [7, 11) is 0. The molecule has 1 unspecified atom stereocenters. The third-order valence-electron chi connectivity index (χ3n) is 5.09. The number of rotatable bonds is 6. The molecule has 1 aliphatic heterocycles. The molecule has 2 aromatic carbocycles. The van der Waals surface area contributed by atoms with Crippen LogP contribution in [0.15, 0.2) is 66.9 Å². The Morgan fingerprint density at radius 2 is 1.84 bits per heavy atom. The van der Waals surface area contributed by atoms with Crippen molar-refractivity contribution in [1.29, 1.82) is 0 Å². The molecule has 0 spiro atoms. The average molecular weight is 331 g/mol. The molecule has 0 aliphatic carbocycles. The first kappa shape index (κ1) is 16.1. The predicted molar refractivity (Wildman–Crippen MR) is 104 cm³/mol. The molecule has 4 rings (SSSR count). The molecule has 0 saturated carbocycles. The molecule has 3 heteroatoms. The van der Waals surface area contributed by atoms with Crippen LogP contribution in [0, 0.1) is 0 Å². The van der Waals surface area contributed by atoms with Gasteiger partial charge >= 0.3 is 0 Å². The molecular weight excluding hydrogens is 306 g/mol. The third-order valence-corrected chi connectivity index (χ3v) is 5.09. The maximum atomic E-state index is 4.52. The van der Waals surface area contributed by atoms with Gasteiger partial charge in [0.2, 0.25) is 0 Å². The lowest BCUT2D eigenvalue weighted by Gasteiger charge is -2.24. The van der Waals surface area contributed by atoms with Crippen LogP contribution in [-0.2, 0) is 6.54 Å². The van der Waals surface area contributed by atoms with Crippen LogP contribution in [0.5, 0.6) is 0 Å². The highest BCUT2D eigenvalue weighted by Gasteiger charge is 2.15. The van der Waals surface area contributed by atoms with Gasteiger partial charge in [-0.3, -0.25) is 4.68 Å². The fourth-order valence-corrected chi connectivity index (χ4v) is 3.72. The van der Waals surface area contributed by atoms with Crippen LogP contribution < -0.4 is 5.32 Å². The fraction of sp³-hybridized carbons (Fsp3) is 0.318. The highest BCUT2D eigenvalue weighted by atomic mass is 15.3. The summed E-state index contributed by atoms with van der Waals surface area (Å²) in [5.74, 6) is 0. The van der Waals surface area contributed by atoms with E-state index in [0.717, 1.165) is 19.5 Å². The van der Waals surface area contributed by atoms with Gasteiger partial charge in [-0.2, -0.15) is 5.10 Å². The molecule has 1 aromatic heterocycles. The van der Waals surface area contributed by atoms with Gasteiger partial charge in [-0.15, -0.1) is 0 Å². The highest BCUT2D eigenvalue weighted by Crippen LogP contribution is 2.24. The van der Waals surface area contributed by atoms with E-state index in [2.05, 4.69) is 75.8 Å². The van der Waals surface area contributed by atoms with E-state index in [0.29, 0.717) is 6.04 Å². The van der Waals surface area contributed by atoms with E-state index in [4.69, 9.17) is 0 Å². The van der Waals surface area contributed by atoms with Gasteiger partial charge in [-0.05, 0) is 36.5 Å². The van der Waals surface area contributed by atoms with Crippen molar-refractivity contribution < 1.29 is 0 Å². The van der Waals surface area contributed by atoms with Gasteiger partial charge < -0.3 is 5.32 Å². The second-order valence-electron chi connectivity index (χ2n) is 6.83. The smallest absolute Gasteiger partial charge is 0.0682 e. The minimum absolute atomic E-state index is 0.592. The molecule has 3 aromatic rings. The van der Waals surface area contributed by atoms with Crippen LogP contribution in [0.25, 0.3) is 16.5 Å². The normalized spacial score (nSPS) is 17.6. The Morgan fingerprint density at radius 1 is 1.00 bits per heavy atom. The molecule has 2 heterocycles. The number of benzene rings is 2. The maximum absolute atomic E-state index is 4.52. The second kappa shape index (κ2) is 7.66. The predicted octanol–water partition coefficient (Wildman–Crippen LogP) is 4.65. The highest BCUT2D eigenvalue weighted by molar-refractivity contribution is 5.78. The van der Waals surface area contributed by atoms with Crippen molar-refractivity contribution in [3.8, 4) is 0 Å². The lowest BCUT2D eigenvalue weighted by Crippen LogP contribution is -2.32. The van der Waals surface area contributed by atoms with Crippen LogP contribution in [0.3, 0.4) is 0 Å². The molecule has 1 atom stereocenters. The first-order chi connectivity index (χ1) is 12.4. The average Bonchev–Trinajstić information content (AvgIpc) is 3.09. The van der Waals surface area contributed by atoms with Gasteiger partial charge in [0.25, 0.3) is 0 Å². The minimum Gasteiger partial charge on any atom is -0.310 e. The quantitative estimate of drug-likeness (QED) is 0.666. The molecule has 1 N–H and O–H groups in total. The molecule has 0 radical (unpaired) electrons. The fourth-order valence-electron chi connectivity index (χ4n) is 3.72. The van der Waals surface area contributed by atoms with Gasteiger partial charge in [-0.25, -0.2) is 0 Å². The van der Waals surface area contributed by atoms with Gasteiger partial charge in [-0.1, -0.05) is 61.0 Å². The van der Waals surface area contributed by atoms with Crippen LogP contribution in [0.2, 0.25) is 0 Å². The number of para-hydroxylation sites is 1. The van der Waals surface area contributed by atoms with Gasteiger partial charge in [0.15, 0.2) is 0 Å². The van der Waals surface area contributed by atoms with E-state index in [1.165, 1.54) is 41.3 Å². The van der Waals surface area contributed by atoms with Crippen molar-refractivity contribution in [3.63, 3.8) is 0 Å². The summed E-state index contributed by atoms with van der Waals surface area (Å²) < 4.78 is 2.14. The van der Waals surface area contributed by atoms with E-state index < -0.39 is 0 Å². The maximum Gasteiger partial charge on any atom is 0.0682 e. The van der Waals surface area contributed by atoms with Gasteiger partial charge in [0, 0.05) is 24.5 Å². The summed E-state index contributed by atoms with van der Waals surface area (Å²) >= 11 is 0. The summed E-state index contributed by atoms with van der Waals surface area (Å²) in [5, 5.41) is 9.40. The molecule has 0 saturated heterocycles. The van der Waals surface area contributed by atoms with Crippen LogP contribution in [-0.4, -0.2) is 22.4 Å². The molecule has 25 heavy (non-hydrogen) atoms. The van der Waals surface area contributed by atoms with Crippen molar-refractivity contribution in [3.05, 3.63) is 72.4 Å². The summed E-state index contributed by atoms with van der Waals surface area (Å²) in [5.41, 5.74) is 4.10. The van der Waals surface area contributed by atoms with E-state index >= 15 is 0 Å². The first-order valence-electron chi connectivity index (χ1n) is 9.28. The SMILES string of the molecule is C1=C(c2ccccc2)CC(CCCCn2ncc3ccccc32)NC1. The Kier molecular flexibility index (Phi) is 4.93. The zero-order valence-electron chi connectivity index (χ0n) is 14.6. The third kappa shape index (κ3) is 3.83. The second-order valence-corrected chi connectivity index (χ2v) is 6.83. The Labute approximate surface area is 149 Å². The van der Waals surface area contributed by atoms with Crippen molar-refractivity contribution >= 4 is 16.5 Å². The van der Waals surface area contributed by atoms with E-state index in [-0.39, 0.29) is 0 Å². The van der Waals surface area contributed by atoms with Crippen LogP contribution in [0.4, 0.5) is 0 Å². The van der Waals surface area contributed by atoms with Crippen LogP contribution >= 0.6 is 0 Å². The Bertz CT molecular complexity index is 848. The molecule has 128 valence electrons. The summed E-state index contributed by atoms with van der Waals surface area (Å²) in [6, 6.07) is 19.8. The first-order valence-corrected chi connectivity index (χ1v) is 9.28. The number of fused-ring (bicyclic) bond motifs is 1. The number of nitrogens with one attached hydrogen (secondary N) is 1. The zero-order chi connectivity index (χ0) is 16.9. The monoisotopic (exact) mass is 331 g/mol. The lowest BCUT2D eigenvalue weighted by molar-refractivity contribution is 0.459. The summed E-state index contributed by atoms with van der Waals surface area (Å²) in [6.45, 7) is 1.99. The molecule has 0 bridgehead atoms. The number of nitrogens with zero attached hydrogens (tertiary/aromatic N) is 2. The van der Waals surface area contributed by atoms with Crippen molar-refractivity contribution in [2.75, 3.05) is 6.54 Å². The van der Waals surface area contributed by atoms with Gasteiger partial charge in [0.05, 0.1) is 11.7 Å². The molecule has 0 amide bonds. The summed E-state index contributed by atoms with van der Waals surface area (Å²) in [4.78, 5) is 0. The van der Waals surface area contributed by atoms with E-state index in [1.54, 1.807) is 0 Å². The number of aryl methyl sites for hydroxylation is 1. The summed E-state index contributed by atoms with van der Waals surface area (Å²) in [6.07, 6.45) is 9.07. The Balaban J connectivity index is 1.27. The van der Waals surface area contributed by atoms with Crippen molar-refractivity contribution in [2.45, 2.75) is 38.3 Å². The molecule has 1 aliphatic rings. The Morgan fingerprint density at radius 3 is 2.76 bits per heavy atom. The van der Waals surface area contributed by atoms with E-state index in [9.17, 15) is 0 Å². The number of hydrogen-bond acceptors (Lipinski definition) is 2. The minimum atomic E-state index is 0.592. The van der Waals surface area contributed by atoms with Crippen molar-refractivity contribution in [2.24, 2.45) is 0 Å². The van der Waals surface area contributed by atoms with E-state index in [1.807, 2.05) is 6.20 Å². The lowest BCUT2D eigenvalue weighted by atomic mass is 9.93. The zero-order valence-corrected chi connectivity index (χ0v) is 14.6. The topological polar surface area (TPSA) is 29.9 Å². The van der Waals surface area contributed by atoms with Crippen LogP contribution in [0.1, 0.15) is 31.2 Å². The Hall–Kier alpha value is -2.39. The largest absolute Gasteiger partial charge is 0.310 e. The van der Waals surface area contributed by atoms with Crippen molar-refractivity contribution in [1.82, 2.24) is 15.1 Å². The van der Waals surface area contributed by atoms with Gasteiger partial charge in [0.1, 0.15) is 0 Å². The number of unbranched alkanes of at least 4 members (excludes halogenated alkanes) is 1. The molecule has 0 fully saturated rings. The molecular formula is C22H25N3.